The third-order valence-electron chi connectivity index (χ3n) is 3.09. The molecule has 1 atom stereocenters. The zero-order chi connectivity index (χ0) is 15.9. The molecule has 0 aromatic heterocycles. The minimum atomic E-state index is -3.62. The Balaban J connectivity index is 2.90. The maximum absolute atomic E-state index is 12.2. The highest BCUT2D eigenvalue weighted by molar-refractivity contribution is 7.89. The summed E-state index contributed by atoms with van der Waals surface area (Å²) in [7, 11) is -3.62. The van der Waals surface area contributed by atoms with Crippen LogP contribution in [0.15, 0.2) is 29.2 Å². The predicted octanol–water partition coefficient (Wildman–Crippen LogP) is 0.901. The van der Waals surface area contributed by atoms with Crippen molar-refractivity contribution in [1.29, 1.82) is 0 Å². The summed E-state index contributed by atoms with van der Waals surface area (Å²) >= 11 is 0. The number of carbonyl (C=O) groups is 1. The Hall–Kier alpha value is -1.44. The normalized spacial score (nSPS) is 13.0. The maximum atomic E-state index is 12.2. The minimum absolute atomic E-state index is 0.00626. The Morgan fingerprint density at radius 3 is 2.62 bits per heavy atom. The van der Waals surface area contributed by atoms with Gasteiger partial charge >= 0.3 is 0 Å². The van der Waals surface area contributed by atoms with Gasteiger partial charge in [0.05, 0.1) is 4.90 Å². The molecule has 118 valence electrons. The summed E-state index contributed by atoms with van der Waals surface area (Å²) in [6, 6.07) is 6.94. The van der Waals surface area contributed by atoms with E-state index in [0.717, 1.165) is 18.5 Å². The van der Waals surface area contributed by atoms with Crippen molar-refractivity contribution in [3.63, 3.8) is 0 Å². The highest BCUT2D eigenvalue weighted by Crippen LogP contribution is 2.20. The number of carbonyl (C=O) groups excluding carboxylic acids is 1. The second-order valence-corrected chi connectivity index (χ2v) is 6.47. The van der Waals surface area contributed by atoms with Gasteiger partial charge in [0.2, 0.25) is 15.9 Å². The van der Waals surface area contributed by atoms with E-state index in [2.05, 4.69) is 10.0 Å². The van der Waals surface area contributed by atoms with E-state index in [-0.39, 0.29) is 23.9 Å². The van der Waals surface area contributed by atoms with Crippen molar-refractivity contribution in [3.05, 3.63) is 29.8 Å². The van der Waals surface area contributed by atoms with Gasteiger partial charge in [-0.1, -0.05) is 26.0 Å². The van der Waals surface area contributed by atoms with Gasteiger partial charge < -0.3 is 11.1 Å². The zero-order valence-corrected chi connectivity index (χ0v) is 13.2. The molecule has 1 rings (SSSR count). The summed E-state index contributed by atoms with van der Waals surface area (Å²) in [5.41, 5.74) is 5.92. The van der Waals surface area contributed by atoms with Gasteiger partial charge in [0, 0.05) is 19.0 Å². The Labute approximate surface area is 126 Å². The fourth-order valence-electron chi connectivity index (χ4n) is 2.03. The number of rotatable bonds is 9. The molecule has 1 aromatic rings. The van der Waals surface area contributed by atoms with Gasteiger partial charge in [-0.15, -0.1) is 0 Å². The molecule has 0 aliphatic carbocycles. The number of benzene rings is 1. The lowest BCUT2D eigenvalue weighted by molar-refractivity contribution is -0.117. The molecule has 0 heterocycles. The highest BCUT2D eigenvalue weighted by atomic mass is 32.2. The van der Waals surface area contributed by atoms with Gasteiger partial charge in [0.1, 0.15) is 0 Å². The van der Waals surface area contributed by atoms with Crippen molar-refractivity contribution in [2.24, 2.45) is 5.73 Å². The van der Waals surface area contributed by atoms with E-state index >= 15 is 0 Å². The van der Waals surface area contributed by atoms with Gasteiger partial charge in [-0.25, -0.2) is 13.1 Å². The average molecular weight is 313 g/mol. The first-order valence-corrected chi connectivity index (χ1v) is 8.50. The van der Waals surface area contributed by atoms with Crippen LogP contribution in [0.4, 0.5) is 0 Å². The minimum Gasteiger partial charge on any atom is -0.370 e. The van der Waals surface area contributed by atoms with E-state index in [9.17, 15) is 13.2 Å². The lowest BCUT2D eigenvalue weighted by atomic mass is 10.0. The molecule has 0 aliphatic heterocycles. The van der Waals surface area contributed by atoms with Crippen molar-refractivity contribution < 1.29 is 13.2 Å². The third-order valence-corrected chi connectivity index (χ3v) is 4.55. The summed E-state index contributed by atoms with van der Waals surface area (Å²) in [5, 5.41) is 3.31. The van der Waals surface area contributed by atoms with E-state index in [1.165, 1.54) is 6.07 Å². The van der Waals surface area contributed by atoms with Crippen molar-refractivity contribution in [2.45, 2.75) is 37.6 Å². The Kier molecular flexibility index (Phi) is 6.80. The van der Waals surface area contributed by atoms with Gasteiger partial charge in [-0.3, -0.25) is 4.79 Å². The third kappa shape index (κ3) is 5.45. The molecule has 1 unspecified atom stereocenters. The number of hydrogen-bond donors (Lipinski definition) is 3. The average Bonchev–Trinajstić information content (AvgIpc) is 2.44. The van der Waals surface area contributed by atoms with Crippen LogP contribution in [0.2, 0.25) is 0 Å². The molecule has 6 nitrogen and oxygen atoms in total. The molecule has 0 saturated heterocycles. The van der Waals surface area contributed by atoms with Crippen LogP contribution in [0.1, 0.15) is 38.3 Å². The standard InChI is InChI=1S/C14H23N3O3S/c1-3-13(16-4-2)11-6-5-7-12(10-11)21(19,20)17-9-8-14(15)18/h5-7,10,13,16-17H,3-4,8-9H2,1-2H3,(H2,15,18). The molecule has 0 aliphatic rings. The quantitative estimate of drug-likeness (QED) is 0.630. The first-order chi connectivity index (χ1) is 9.90. The van der Waals surface area contributed by atoms with Crippen LogP contribution in [0.3, 0.4) is 0 Å². The maximum Gasteiger partial charge on any atom is 0.240 e. The van der Waals surface area contributed by atoms with Crippen molar-refractivity contribution in [3.8, 4) is 0 Å². The lowest BCUT2D eigenvalue weighted by Gasteiger charge is -2.17. The van der Waals surface area contributed by atoms with Crippen LogP contribution in [-0.4, -0.2) is 27.4 Å². The lowest BCUT2D eigenvalue weighted by Crippen LogP contribution is -2.28. The number of nitrogens with one attached hydrogen (secondary N) is 2. The van der Waals surface area contributed by atoms with E-state index in [1.807, 2.05) is 19.9 Å². The second kappa shape index (κ2) is 8.11. The largest absolute Gasteiger partial charge is 0.370 e. The van der Waals surface area contributed by atoms with Crippen LogP contribution in [0.5, 0.6) is 0 Å². The fraction of sp³-hybridized carbons (Fsp3) is 0.500. The monoisotopic (exact) mass is 313 g/mol. The molecule has 21 heavy (non-hydrogen) atoms. The van der Waals surface area contributed by atoms with E-state index < -0.39 is 15.9 Å². The summed E-state index contributed by atoms with van der Waals surface area (Å²) in [6.07, 6.45) is 0.848. The Bertz CT molecular complexity index is 573. The molecular formula is C14H23N3O3S. The molecule has 0 bridgehead atoms. The highest BCUT2D eigenvalue weighted by Gasteiger charge is 2.16. The van der Waals surface area contributed by atoms with Gasteiger partial charge in [0.25, 0.3) is 0 Å². The summed E-state index contributed by atoms with van der Waals surface area (Å²) in [4.78, 5) is 10.9. The van der Waals surface area contributed by atoms with Crippen molar-refractivity contribution >= 4 is 15.9 Å². The van der Waals surface area contributed by atoms with Crippen LogP contribution in [-0.2, 0) is 14.8 Å². The van der Waals surface area contributed by atoms with Crippen LogP contribution < -0.4 is 15.8 Å². The van der Waals surface area contributed by atoms with Gasteiger partial charge in [-0.05, 0) is 30.7 Å². The SMILES string of the molecule is CCNC(CC)c1cccc(S(=O)(=O)NCCC(N)=O)c1. The van der Waals surface area contributed by atoms with Crippen molar-refractivity contribution in [2.75, 3.05) is 13.1 Å². The van der Waals surface area contributed by atoms with E-state index in [1.54, 1.807) is 12.1 Å². The number of amides is 1. The smallest absolute Gasteiger partial charge is 0.240 e. The second-order valence-electron chi connectivity index (χ2n) is 4.71. The molecule has 7 heteroatoms. The molecule has 4 N–H and O–H groups in total. The van der Waals surface area contributed by atoms with E-state index in [4.69, 9.17) is 5.73 Å². The Morgan fingerprint density at radius 2 is 2.05 bits per heavy atom. The fourth-order valence-corrected chi connectivity index (χ4v) is 3.12. The molecule has 0 spiro atoms. The summed E-state index contributed by atoms with van der Waals surface area (Å²) < 4.78 is 26.7. The van der Waals surface area contributed by atoms with Crippen LogP contribution in [0.25, 0.3) is 0 Å². The molecule has 0 radical (unpaired) electrons. The molecular weight excluding hydrogens is 290 g/mol. The first-order valence-electron chi connectivity index (χ1n) is 7.02. The predicted molar refractivity (Wildman–Crippen MR) is 82.2 cm³/mol. The summed E-state index contributed by atoms with van der Waals surface area (Å²) in [6.45, 7) is 4.87. The first kappa shape index (κ1) is 17.6. The van der Waals surface area contributed by atoms with Gasteiger partial charge in [0.15, 0.2) is 0 Å². The van der Waals surface area contributed by atoms with Crippen molar-refractivity contribution in [1.82, 2.24) is 10.0 Å². The number of sulfonamides is 1. The number of primary amides is 1. The van der Waals surface area contributed by atoms with E-state index in [0.29, 0.717) is 0 Å². The van der Waals surface area contributed by atoms with Crippen LogP contribution in [0, 0.1) is 0 Å². The number of nitrogens with two attached hydrogens (primary N) is 1. The molecule has 0 fully saturated rings. The van der Waals surface area contributed by atoms with Crippen LogP contribution >= 0.6 is 0 Å². The molecule has 1 aromatic carbocycles. The topological polar surface area (TPSA) is 101 Å². The summed E-state index contributed by atoms with van der Waals surface area (Å²) in [5.74, 6) is -0.537. The zero-order valence-electron chi connectivity index (χ0n) is 12.4. The molecule has 0 saturated carbocycles. The number of hydrogen-bond acceptors (Lipinski definition) is 4. The Morgan fingerprint density at radius 1 is 1.33 bits per heavy atom. The van der Waals surface area contributed by atoms with Gasteiger partial charge in [-0.2, -0.15) is 0 Å². The molecule has 1 amide bonds.